The molecule has 0 aromatic heterocycles. The zero-order valence-corrected chi connectivity index (χ0v) is 20.6. The Morgan fingerprint density at radius 1 is 1.06 bits per heavy atom. The van der Waals surface area contributed by atoms with E-state index in [1.54, 1.807) is 24.3 Å². The van der Waals surface area contributed by atoms with Gasteiger partial charge in [-0.15, -0.1) is 0 Å². The molecule has 0 radical (unpaired) electrons. The summed E-state index contributed by atoms with van der Waals surface area (Å²) in [5.74, 6) is -0.718. The molecule has 2 fully saturated rings. The number of halogens is 1. The Morgan fingerprint density at radius 2 is 1.77 bits per heavy atom. The molecular weight excluding hydrogens is 472 g/mol. The first-order chi connectivity index (χ1) is 17.0. The molecule has 0 spiro atoms. The number of carbonyl (C=O) groups excluding carboxylic acids is 2. The molecule has 8 nitrogen and oxygen atoms in total. The summed E-state index contributed by atoms with van der Waals surface area (Å²) in [6.45, 7) is 4.19. The smallest absolute Gasteiger partial charge is 0.295 e. The zero-order chi connectivity index (χ0) is 24.9. The lowest BCUT2D eigenvalue weighted by Crippen LogP contribution is -2.39. The van der Waals surface area contributed by atoms with Gasteiger partial charge in [0.05, 0.1) is 44.1 Å². The fourth-order valence-electron chi connectivity index (χ4n) is 4.58. The van der Waals surface area contributed by atoms with Gasteiger partial charge in [0.15, 0.2) is 0 Å². The van der Waals surface area contributed by atoms with E-state index in [-0.39, 0.29) is 16.4 Å². The maximum atomic E-state index is 13.3. The summed E-state index contributed by atoms with van der Waals surface area (Å²) in [6, 6.07) is 11.1. The number of ether oxygens (including phenoxy) is 3. The fraction of sp³-hybridized carbons (Fsp3) is 0.385. The monoisotopic (exact) mass is 500 g/mol. The van der Waals surface area contributed by atoms with E-state index < -0.39 is 17.7 Å². The molecular formula is C26H29ClN2O6. The number of para-hydroxylation sites is 1. The summed E-state index contributed by atoms with van der Waals surface area (Å²) in [4.78, 5) is 30.2. The highest BCUT2D eigenvalue weighted by Crippen LogP contribution is 2.43. The van der Waals surface area contributed by atoms with E-state index in [1.807, 2.05) is 12.1 Å². The summed E-state index contributed by atoms with van der Waals surface area (Å²) in [6.07, 6.45) is 0.674. The standard InChI is InChI=1S/C26H29ClN2O6/c1-33-20-7-4-3-6-18(20)23-22(24(30)17-8-9-21(34-2)19(27)16-17)25(31)26(32)29(23)11-5-10-28-12-14-35-15-13-28/h3-4,6-9,16,23,30H,5,10-15H2,1-2H3. The van der Waals surface area contributed by atoms with Gasteiger partial charge in [0.25, 0.3) is 11.7 Å². The van der Waals surface area contributed by atoms with Crippen LogP contribution in [0.2, 0.25) is 5.02 Å². The Labute approximate surface area is 209 Å². The van der Waals surface area contributed by atoms with E-state index in [0.29, 0.717) is 48.8 Å². The third kappa shape index (κ3) is 5.15. The average Bonchev–Trinajstić information content (AvgIpc) is 3.13. The highest BCUT2D eigenvalue weighted by Gasteiger charge is 2.46. The molecule has 2 saturated heterocycles. The molecule has 2 aromatic carbocycles. The van der Waals surface area contributed by atoms with Crippen LogP contribution in [0.4, 0.5) is 0 Å². The second-order valence-corrected chi connectivity index (χ2v) is 8.80. The van der Waals surface area contributed by atoms with Gasteiger partial charge in [0.1, 0.15) is 17.3 Å². The third-order valence-corrected chi connectivity index (χ3v) is 6.67. The van der Waals surface area contributed by atoms with Crippen molar-refractivity contribution in [3.8, 4) is 11.5 Å². The number of likely N-dealkylation sites (tertiary alicyclic amines) is 1. The van der Waals surface area contributed by atoms with Gasteiger partial charge in [-0.1, -0.05) is 29.8 Å². The molecule has 1 atom stereocenters. The first-order valence-electron chi connectivity index (χ1n) is 11.5. The van der Waals surface area contributed by atoms with Crippen LogP contribution in [-0.4, -0.2) is 80.2 Å². The van der Waals surface area contributed by atoms with Gasteiger partial charge in [-0.05, 0) is 30.7 Å². The summed E-state index contributed by atoms with van der Waals surface area (Å²) in [5, 5.41) is 11.5. The Balaban J connectivity index is 1.72. The van der Waals surface area contributed by atoms with Crippen molar-refractivity contribution in [2.45, 2.75) is 12.5 Å². The number of hydrogen-bond acceptors (Lipinski definition) is 7. The van der Waals surface area contributed by atoms with E-state index in [0.717, 1.165) is 19.6 Å². The fourth-order valence-corrected chi connectivity index (χ4v) is 4.84. The van der Waals surface area contributed by atoms with E-state index >= 15 is 0 Å². The summed E-state index contributed by atoms with van der Waals surface area (Å²) >= 11 is 6.26. The van der Waals surface area contributed by atoms with Gasteiger partial charge in [0, 0.05) is 37.3 Å². The molecule has 1 unspecified atom stereocenters. The summed E-state index contributed by atoms with van der Waals surface area (Å²) in [7, 11) is 3.03. The Bertz CT molecular complexity index is 1130. The van der Waals surface area contributed by atoms with Gasteiger partial charge < -0.3 is 24.2 Å². The molecule has 0 aliphatic carbocycles. The molecule has 0 bridgehead atoms. The van der Waals surface area contributed by atoms with Gasteiger partial charge in [-0.3, -0.25) is 14.5 Å². The van der Waals surface area contributed by atoms with Crippen molar-refractivity contribution in [1.29, 1.82) is 0 Å². The van der Waals surface area contributed by atoms with Gasteiger partial charge in [-0.25, -0.2) is 0 Å². The van der Waals surface area contributed by atoms with Crippen LogP contribution in [-0.2, 0) is 14.3 Å². The number of rotatable bonds is 8. The Kier molecular flexibility index (Phi) is 7.95. The minimum absolute atomic E-state index is 0.00658. The van der Waals surface area contributed by atoms with Crippen LogP contribution in [0.5, 0.6) is 11.5 Å². The summed E-state index contributed by atoms with van der Waals surface area (Å²) < 4.78 is 16.1. The second-order valence-electron chi connectivity index (χ2n) is 8.39. The first kappa shape index (κ1) is 25.0. The predicted molar refractivity (Wildman–Crippen MR) is 132 cm³/mol. The lowest BCUT2D eigenvalue weighted by Gasteiger charge is -2.29. The van der Waals surface area contributed by atoms with Crippen molar-refractivity contribution in [2.24, 2.45) is 0 Å². The largest absolute Gasteiger partial charge is 0.507 e. The van der Waals surface area contributed by atoms with Gasteiger partial charge in [0.2, 0.25) is 0 Å². The number of amides is 1. The maximum Gasteiger partial charge on any atom is 0.295 e. The van der Waals surface area contributed by atoms with Crippen LogP contribution in [0, 0.1) is 0 Å². The predicted octanol–water partition coefficient (Wildman–Crippen LogP) is 3.50. The lowest BCUT2D eigenvalue weighted by atomic mass is 9.94. The van der Waals surface area contributed by atoms with E-state index in [2.05, 4.69) is 4.90 Å². The number of methoxy groups -OCH3 is 2. The number of ketones is 1. The van der Waals surface area contributed by atoms with E-state index in [9.17, 15) is 14.7 Å². The second kappa shape index (κ2) is 11.1. The minimum Gasteiger partial charge on any atom is -0.507 e. The Morgan fingerprint density at radius 3 is 2.46 bits per heavy atom. The number of aliphatic hydroxyl groups is 1. The van der Waals surface area contributed by atoms with E-state index in [4.69, 9.17) is 25.8 Å². The van der Waals surface area contributed by atoms with Crippen molar-refractivity contribution >= 4 is 29.1 Å². The molecule has 1 amide bonds. The summed E-state index contributed by atoms with van der Waals surface area (Å²) in [5.41, 5.74) is 0.954. The van der Waals surface area contributed by atoms with Crippen molar-refractivity contribution < 1.29 is 28.9 Å². The number of morpholine rings is 1. The normalized spacial score (nSPS) is 20.3. The van der Waals surface area contributed by atoms with Crippen LogP contribution >= 0.6 is 11.6 Å². The van der Waals surface area contributed by atoms with Crippen molar-refractivity contribution in [3.05, 3.63) is 64.2 Å². The quantitative estimate of drug-likeness (QED) is 0.337. The SMILES string of the molecule is COc1ccc(C(O)=C2C(=O)C(=O)N(CCCN3CCOCC3)C2c2ccccc2OC)cc1Cl. The molecule has 1 N–H and O–H groups in total. The average molecular weight is 501 g/mol. The molecule has 2 heterocycles. The lowest BCUT2D eigenvalue weighted by molar-refractivity contribution is -0.140. The Hall–Kier alpha value is -3.07. The highest BCUT2D eigenvalue weighted by molar-refractivity contribution is 6.46. The maximum absolute atomic E-state index is 13.3. The van der Waals surface area contributed by atoms with Gasteiger partial charge >= 0.3 is 0 Å². The number of hydrogen-bond donors (Lipinski definition) is 1. The van der Waals surface area contributed by atoms with Crippen LogP contribution in [0.15, 0.2) is 48.0 Å². The highest BCUT2D eigenvalue weighted by atomic mass is 35.5. The number of aliphatic hydroxyl groups excluding tert-OH is 1. The molecule has 2 aliphatic rings. The van der Waals surface area contributed by atoms with E-state index in [1.165, 1.54) is 25.2 Å². The molecule has 9 heteroatoms. The van der Waals surface area contributed by atoms with Crippen LogP contribution in [0.1, 0.15) is 23.6 Å². The molecule has 35 heavy (non-hydrogen) atoms. The molecule has 186 valence electrons. The van der Waals surface area contributed by atoms with Crippen molar-refractivity contribution in [2.75, 3.05) is 53.6 Å². The number of carbonyl (C=O) groups is 2. The third-order valence-electron chi connectivity index (χ3n) is 6.38. The molecule has 0 saturated carbocycles. The van der Waals surface area contributed by atoms with Crippen molar-refractivity contribution in [1.82, 2.24) is 9.80 Å². The molecule has 4 rings (SSSR count). The topological polar surface area (TPSA) is 88.5 Å². The van der Waals surface area contributed by atoms with Crippen molar-refractivity contribution in [3.63, 3.8) is 0 Å². The number of nitrogens with zero attached hydrogens (tertiary/aromatic N) is 2. The minimum atomic E-state index is -0.795. The van der Waals surface area contributed by atoms with Crippen LogP contribution in [0.3, 0.4) is 0 Å². The van der Waals surface area contributed by atoms with Gasteiger partial charge in [-0.2, -0.15) is 0 Å². The zero-order valence-electron chi connectivity index (χ0n) is 19.8. The molecule has 2 aliphatic heterocycles. The molecule has 2 aromatic rings. The van der Waals surface area contributed by atoms with Crippen LogP contribution in [0.25, 0.3) is 5.76 Å². The number of Topliss-reactive ketones (excluding diaryl/α,β-unsaturated/α-hetero) is 1. The number of benzene rings is 2. The van der Waals surface area contributed by atoms with Crippen LogP contribution < -0.4 is 9.47 Å². The first-order valence-corrected chi connectivity index (χ1v) is 11.9.